The predicted octanol–water partition coefficient (Wildman–Crippen LogP) is 4.76. The SMILES string of the molecule is O=C(c1cn2nc(N3CCCCC3)ccc2n1)N1CCC(c2ccccc2C(F)(F)F)CC1. The maximum Gasteiger partial charge on any atom is 0.416 e. The third-order valence-corrected chi connectivity index (χ3v) is 6.69. The van der Waals surface area contributed by atoms with Gasteiger partial charge in [-0.1, -0.05) is 18.2 Å². The number of likely N-dealkylation sites (tertiary alicyclic amines) is 1. The number of nitrogens with zero attached hydrogens (tertiary/aromatic N) is 5. The molecular formula is C24H26F3N5O. The van der Waals surface area contributed by atoms with Crippen molar-refractivity contribution in [3.63, 3.8) is 0 Å². The van der Waals surface area contributed by atoms with Crippen molar-refractivity contribution in [3.8, 4) is 0 Å². The van der Waals surface area contributed by atoms with Crippen molar-refractivity contribution in [1.82, 2.24) is 19.5 Å². The zero-order valence-corrected chi connectivity index (χ0v) is 18.3. The first-order valence-electron chi connectivity index (χ1n) is 11.5. The maximum absolute atomic E-state index is 13.4. The molecule has 1 amide bonds. The third-order valence-electron chi connectivity index (χ3n) is 6.69. The van der Waals surface area contributed by atoms with Gasteiger partial charge in [0.2, 0.25) is 0 Å². The van der Waals surface area contributed by atoms with Gasteiger partial charge in [-0.3, -0.25) is 4.79 Å². The Balaban J connectivity index is 1.28. The van der Waals surface area contributed by atoms with Crippen molar-refractivity contribution in [1.29, 1.82) is 0 Å². The van der Waals surface area contributed by atoms with Crippen molar-refractivity contribution in [2.24, 2.45) is 0 Å². The number of hydrogen-bond acceptors (Lipinski definition) is 4. The van der Waals surface area contributed by atoms with E-state index in [9.17, 15) is 18.0 Å². The number of halogens is 3. The molecule has 2 aromatic heterocycles. The molecule has 0 spiro atoms. The molecule has 3 aromatic rings. The second-order valence-corrected chi connectivity index (χ2v) is 8.82. The number of rotatable bonds is 3. The van der Waals surface area contributed by atoms with Gasteiger partial charge in [0.05, 0.1) is 11.8 Å². The lowest BCUT2D eigenvalue weighted by atomic mass is 9.86. The molecule has 5 rings (SSSR count). The lowest BCUT2D eigenvalue weighted by Crippen LogP contribution is -2.38. The maximum atomic E-state index is 13.4. The van der Waals surface area contributed by atoms with Gasteiger partial charge in [-0.15, -0.1) is 5.10 Å². The van der Waals surface area contributed by atoms with E-state index in [0.29, 0.717) is 42.8 Å². The van der Waals surface area contributed by atoms with Crippen LogP contribution in [0.15, 0.2) is 42.6 Å². The number of piperidine rings is 2. The minimum Gasteiger partial charge on any atom is -0.355 e. The van der Waals surface area contributed by atoms with Crippen LogP contribution >= 0.6 is 0 Å². The van der Waals surface area contributed by atoms with Crippen LogP contribution in [0.3, 0.4) is 0 Å². The predicted molar refractivity (Wildman–Crippen MR) is 118 cm³/mol. The van der Waals surface area contributed by atoms with E-state index in [-0.39, 0.29) is 11.8 Å². The minimum atomic E-state index is -4.37. The second kappa shape index (κ2) is 8.68. The first kappa shape index (κ1) is 21.7. The van der Waals surface area contributed by atoms with Crippen LogP contribution in [-0.4, -0.2) is 51.6 Å². The molecule has 1 aromatic carbocycles. The van der Waals surface area contributed by atoms with Gasteiger partial charge in [-0.2, -0.15) is 13.2 Å². The molecule has 174 valence electrons. The van der Waals surface area contributed by atoms with Crippen LogP contribution in [0.5, 0.6) is 0 Å². The summed E-state index contributed by atoms with van der Waals surface area (Å²) < 4.78 is 41.8. The Morgan fingerprint density at radius 1 is 0.939 bits per heavy atom. The van der Waals surface area contributed by atoms with E-state index in [4.69, 9.17) is 0 Å². The molecule has 0 saturated carbocycles. The highest BCUT2D eigenvalue weighted by Gasteiger charge is 2.36. The van der Waals surface area contributed by atoms with Gasteiger partial charge < -0.3 is 9.80 Å². The summed E-state index contributed by atoms with van der Waals surface area (Å²) in [6.45, 7) is 2.75. The molecule has 2 aliphatic heterocycles. The Kier molecular flexibility index (Phi) is 5.72. The molecule has 0 aliphatic carbocycles. The van der Waals surface area contributed by atoms with Crippen molar-refractivity contribution in [3.05, 3.63) is 59.4 Å². The van der Waals surface area contributed by atoms with Crippen molar-refractivity contribution < 1.29 is 18.0 Å². The number of fused-ring (bicyclic) bond motifs is 1. The number of carbonyl (C=O) groups is 1. The molecule has 0 unspecified atom stereocenters. The van der Waals surface area contributed by atoms with Crippen LogP contribution in [0.4, 0.5) is 19.0 Å². The first-order valence-corrected chi connectivity index (χ1v) is 11.5. The summed E-state index contributed by atoms with van der Waals surface area (Å²) in [6.07, 6.45) is 1.79. The summed E-state index contributed by atoms with van der Waals surface area (Å²) in [6, 6.07) is 9.55. The number of alkyl halides is 3. The molecule has 6 nitrogen and oxygen atoms in total. The van der Waals surface area contributed by atoms with Crippen molar-refractivity contribution >= 4 is 17.4 Å². The van der Waals surface area contributed by atoms with Crippen LogP contribution in [-0.2, 0) is 6.18 Å². The molecule has 2 aliphatic rings. The molecule has 0 bridgehead atoms. The van der Waals surface area contributed by atoms with Gasteiger partial charge in [0.15, 0.2) is 5.65 Å². The number of anilines is 1. The van der Waals surface area contributed by atoms with Gasteiger partial charge in [0.25, 0.3) is 5.91 Å². The Morgan fingerprint density at radius 3 is 2.39 bits per heavy atom. The second-order valence-electron chi connectivity index (χ2n) is 8.82. The largest absolute Gasteiger partial charge is 0.416 e. The van der Waals surface area contributed by atoms with Crippen molar-refractivity contribution in [2.75, 3.05) is 31.1 Å². The van der Waals surface area contributed by atoms with Gasteiger partial charge >= 0.3 is 6.18 Å². The van der Waals surface area contributed by atoms with Gasteiger partial charge in [0.1, 0.15) is 11.5 Å². The number of aromatic nitrogens is 3. The molecule has 0 radical (unpaired) electrons. The van der Waals surface area contributed by atoms with Crippen LogP contribution in [0.2, 0.25) is 0 Å². The molecule has 0 atom stereocenters. The highest BCUT2D eigenvalue weighted by molar-refractivity contribution is 5.93. The summed E-state index contributed by atoms with van der Waals surface area (Å²) in [5.41, 5.74) is 0.658. The van der Waals surface area contributed by atoms with E-state index < -0.39 is 11.7 Å². The fraction of sp³-hybridized carbons (Fsp3) is 0.458. The lowest BCUT2D eigenvalue weighted by Gasteiger charge is -2.32. The highest BCUT2D eigenvalue weighted by atomic mass is 19.4. The molecule has 2 fully saturated rings. The molecule has 9 heteroatoms. The highest BCUT2D eigenvalue weighted by Crippen LogP contribution is 2.38. The Morgan fingerprint density at radius 2 is 1.67 bits per heavy atom. The fourth-order valence-corrected chi connectivity index (χ4v) is 4.93. The summed E-state index contributed by atoms with van der Waals surface area (Å²) in [7, 11) is 0. The number of imidazole rings is 1. The molecule has 2 saturated heterocycles. The first-order chi connectivity index (χ1) is 15.9. The van der Waals surface area contributed by atoms with E-state index >= 15 is 0 Å². The number of hydrogen-bond donors (Lipinski definition) is 0. The minimum absolute atomic E-state index is 0.206. The van der Waals surface area contributed by atoms with Gasteiger partial charge in [-0.25, -0.2) is 9.50 Å². The standard InChI is InChI=1S/C24H26F3N5O/c25-24(26,27)19-7-3-2-6-18(19)17-10-14-31(15-11-17)23(33)20-16-32-21(28-20)8-9-22(29-32)30-12-4-1-5-13-30/h2-3,6-9,16-17H,1,4-5,10-15H2. The van der Waals surface area contributed by atoms with E-state index in [1.165, 1.54) is 12.5 Å². The zero-order valence-electron chi connectivity index (χ0n) is 18.3. The van der Waals surface area contributed by atoms with Crippen molar-refractivity contribution in [2.45, 2.75) is 44.2 Å². The number of benzene rings is 1. The zero-order chi connectivity index (χ0) is 23.0. The Labute approximate surface area is 190 Å². The average Bonchev–Trinajstić information content (AvgIpc) is 3.27. The summed E-state index contributed by atoms with van der Waals surface area (Å²) in [5, 5.41) is 4.63. The smallest absolute Gasteiger partial charge is 0.355 e. The van der Waals surface area contributed by atoms with Gasteiger partial charge in [-0.05, 0) is 61.8 Å². The van der Waals surface area contributed by atoms with E-state index in [1.807, 2.05) is 12.1 Å². The number of carbonyl (C=O) groups excluding carboxylic acids is 1. The topological polar surface area (TPSA) is 53.7 Å². The Bertz CT molecular complexity index is 1140. The Hall–Kier alpha value is -3.10. The van der Waals surface area contributed by atoms with E-state index in [2.05, 4.69) is 15.0 Å². The summed E-state index contributed by atoms with van der Waals surface area (Å²) in [5.74, 6) is 0.451. The average molecular weight is 458 g/mol. The van der Waals surface area contributed by atoms with Crippen LogP contribution in [0.1, 0.15) is 59.6 Å². The normalized spacial score (nSPS) is 18.2. The fourth-order valence-electron chi connectivity index (χ4n) is 4.93. The van der Waals surface area contributed by atoms with Gasteiger partial charge in [0, 0.05) is 26.2 Å². The van der Waals surface area contributed by atoms with E-state index in [0.717, 1.165) is 37.8 Å². The molecule has 0 N–H and O–H groups in total. The summed E-state index contributed by atoms with van der Waals surface area (Å²) in [4.78, 5) is 21.4. The number of amides is 1. The van der Waals surface area contributed by atoms with E-state index in [1.54, 1.807) is 27.7 Å². The summed E-state index contributed by atoms with van der Waals surface area (Å²) >= 11 is 0. The van der Waals surface area contributed by atoms with Crippen LogP contribution in [0, 0.1) is 0 Å². The van der Waals surface area contributed by atoms with Crippen LogP contribution < -0.4 is 4.90 Å². The third kappa shape index (κ3) is 4.41. The molecular weight excluding hydrogens is 431 g/mol. The lowest BCUT2D eigenvalue weighted by molar-refractivity contribution is -0.138. The molecule has 33 heavy (non-hydrogen) atoms. The quantitative estimate of drug-likeness (QED) is 0.569. The monoisotopic (exact) mass is 457 g/mol. The molecule has 4 heterocycles. The van der Waals surface area contributed by atoms with Crippen LogP contribution in [0.25, 0.3) is 5.65 Å².